The average molecular weight is 366 g/mol. The molecule has 26 heavy (non-hydrogen) atoms. The number of hydrogen-bond donors (Lipinski definition) is 0. The molecule has 3 aromatic rings. The van der Waals surface area contributed by atoms with Crippen molar-refractivity contribution in [2.45, 2.75) is 24.3 Å². The van der Waals surface area contributed by atoms with Crippen LogP contribution in [-0.2, 0) is 4.79 Å². The molecule has 0 bridgehead atoms. The molecule has 0 saturated heterocycles. The molecule has 0 radical (unpaired) electrons. The second-order valence-corrected chi connectivity index (χ2v) is 7.64. The summed E-state index contributed by atoms with van der Waals surface area (Å²) < 4.78 is 2.01. The van der Waals surface area contributed by atoms with E-state index in [0.717, 1.165) is 17.1 Å². The highest BCUT2D eigenvalue weighted by Crippen LogP contribution is 2.30. The van der Waals surface area contributed by atoms with Crippen LogP contribution in [0.25, 0.3) is 17.1 Å². The van der Waals surface area contributed by atoms with Gasteiger partial charge < -0.3 is 4.90 Å². The maximum atomic E-state index is 12.3. The zero-order valence-electron chi connectivity index (χ0n) is 15.4. The molecule has 0 fully saturated rings. The van der Waals surface area contributed by atoms with E-state index >= 15 is 0 Å². The standard InChI is InChI=1S/C20H22N4OS/c1-14-10-12-17(13-11-14)24-18(16-8-6-5-7-9-16)21-22-20(24)26-15(2)19(25)23(3)4/h5-13,15H,1-4H3. The van der Waals surface area contributed by atoms with E-state index < -0.39 is 0 Å². The summed E-state index contributed by atoms with van der Waals surface area (Å²) in [6, 6.07) is 18.2. The summed E-state index contributed by atoms with van der Waals surface area (Å²) in [4.78, 5) is 13.9. The number of rotatable bonds is 5. The van der Waals surface area contributed by atoms with Crippen LogP contribution in [-0.4, -0.2) is 44.9 Å². The fourth-order valence-corrected chi connectivity index (χ4v) is 3.63. The lowest BCUT2D eigenvalue weighted by atomic mass is 10.2. The molecule has 5 nitrogen and oxygen atoms in total. The summed E-state index contributed by atoms with van der Waals surface area (Å²) in [5, 5.41) is 9.24. The van der Waals surface area contributed by atoms with Crippen LogP contribution >= 0.6 is 11.8 Å². The monoisotopic (exact) mass is 366 g/mol. The van der Waals surface area contributed by atoms with E-state index in [4.69, 9.17) is 0 Å². The van der Waals surface area contributed by atoms with Gasteiger partial charge in [-0.3, -0.25) is 9.36 Å². The van der Waals surface area contributed by atoms with Gasteiger partial charge in [0.1, 0.15) is 0 Å². The number of nitrogens with zero attached hydrogens (tertiary/aromatic N) is 4. The highest BCUT2D eigenvalue weighted by molar-refractivity contribution is 8.00. The molecule has 134 valence electrons. The van der Waals surface area contributed by atoms with Gasteiger partial charge in [0.2, 0.25) is 5.91 Å². The van der Waals surface area contributed by atoms with Gasteiger partial charge in [0.15, 0.2) is 11.0 Å². The first-order valence-electron chi connectivity index (χ1n) is 8.43. The molecule has 0 spiro atoms. The van der Waals surface area contributed by atoms with Crippen LogP contribution in [0.1, 0.15) is 12.5 Å². The Bertz CT molecular complexity index is 888. The summed E-state index contributed by atoms with van der Waals surface area (Å²) in [5.74, 6) is 0.816. The van der Waals surface area contributed by atoms with E-state index in [1.54, 1.807) is 19.0 Å². The largest absolute Gasteiger partial charge is 0.348 e. The molecule has 0 aliphatic rings. The van der Waals surface area contributed by atoms with Crippen molar-refractivity contribution in [1.82, 2.24) is 19.7 Å². The average Bonchev–Trinajstić information content (AvgIpc) is 3.05. The number of benzene rings is 2. The fraction of sp³-hybridized carbons (Fsp3) is 0.250. The lowest BCUT2D eigenvalue weighted by Gasteiger charge is -2.17. The smallest absolute Gasteiger partial charge is 0.235 e. The lowest BCUT2D eigenvalue weighted by molar-refractivity contribution is -0.127. The van der Waals surface area contributed by atoms with E-state index in [0.29, 0.717) is 5.16 Å². The molecule has 6 heteroatoms. The molecule has 1 unspecified atom stereocenters. The third-order valence-corrected chi connectivity index (χ3v) is 5.06. The zero-order chi connectivity index (χ0) is 18.7. The van der Waals surface area contributed by atoms with Crippen molar-refractivity contribution in [3.05, 3.63) is 60.2 Å². The number of thioether (sulfide) groups is 1. The van der Waals surface area contributed by atoms with Crippen molar-refractivity contribution in [1.29, 1.82) is 0 Å². The Balaban J connectivity index is 2.06. The third kappa shape index (κ3) is 3.80. The molecule has 1 aromatic heterocycles. The van der Waals surface area contributed by atoms with Crippen LogP contribution in [0.4, 0.5) is 0 Å². The number of aromatic nitrogens is 3. The molecular formula is C20H22N4OS. The molecule has 0 aliphatic carbocycles. The van der Waals surface area contributed by atoms with Gasteiger partial charge in [-0.05, 0) is 26.0 Å². The Morgan fingerprint density at radius 2 is 1.69 bits per heavy atom. The van der Waals surface area contributed by atoms with Crippen LogP contribution in [0.5, 0.6) is 0 Å². The normalized spacial score (nSPS) is 12.0. The van der Waals surface area contributed by atoms with Crippen molar-refractivity contribution in [2.75, 3.05) is 14.1 Å². The van der Waals surface area contributed by atoms with Gasteiger partial charge in [-0.1, -0.05) is 59.8 Å². The summed E-state index contributed by atoms with van der Waals surface area (Å²) in [7, 11) is 3.53. The molecule has 1 amide bonds. The summed E-state index contributed by atoms with van der Waals surface area (Å²) in [5.41, 5.74) is 3.15. The van der Waals surface area contributed by atoms with Crippen LogP contribution < -0.4 is 0 Å². The van der Waals surface area contributed by atoms with Gasteiger partial charge in [0.05, 0.1) is 5.25 Å². The van der Waals surface area contributed by atoms with E-state index in [9.17, 15) is 4.79 Å². The van der Waals surface area contributed by atoms with Gasteiger partial charge in [0, 0.05) is 25.3 Å². The second-order valence-electron chi connectivity index (χ2n) is 6.34. The zero-order valence-corrected chi connectivity index (χ0v) is 16.2. The number of aryl methyl sites for hydroxylation is 1. The Kier molecular flexibility index (Phi) is 5.42. The molecule has 1 atom stereocenters. The fourth-order valence-electron chi connectivity index (χ4n) is 2.62. The number of amides is 1. The van der Waals surface area contributed by atoms with Crippen LogP contribution in [0.3, 0.4) is 0 Å². The maximum Gasteiger partial charge on any atom is 0.235 e. The molecule has 0 saturated carbocycles. The topological polar surface area (TPSA) is 51.0 Å². The maximum absolute atomic E-state index is 12.3. The first-order valence-corrected chi connectivity index (χ1v) is 9.31. The number of carbonyl (C=O) groups excluding carboxylic acids is 1. The first kappa shape index (κ1) is 18.2. The molecular weight excluding hydrogens is 344 g/mol. The minimum absolute atomic E-state index is 0.0507. The van der Waals surface area contributed by atoms with Crippen molar-refractivity contribution in [2.24, 2.45) is 0 Å². The first-order chi connectivity index (χ1) is 12.5. The Hall–Kier alpha value is -2.60. The number of carbonyl (C=O) groups is 1. The summed E-state index contributed by atoms with van der Waals surface area (Å²) in [6.45, 7) is 3.95. The quantitative estimate of drug-likeness (QED) is 0.644. The van der Waals surface area contributed by atoms with E-state index in [1.807, 2.05) is 54.0 Å². The van der Waals surface area contributed by atoms with Crippen molar-refractivity contribution < 1.29 is 4.79 Å². The van der Waals surface area contributed by atoms with Gasteiger partial charge in [0.25, 0.3) is 0 Å². The van der Waals surface area contributed by atoms with Crippen LogP contribution in [0.2, 0.25) is 0 Å². The highest BCUT2D eigenvalue weighted by atomic mass is 32.2. The lowest BCUT2D eigenvalue weighted by Crippen LogP contribution is -2.29. The molecule has 0 aliphatic heterocycles. The van der Waals surface area contributed by atoms with Crippen molar-refractivity contribution >= 4 is 17.7 Å². The SMILES string of the molecule is Cc1ccc(-n2c(SC(C)C(=O)N(C)C)nnc2-c2ccccc2)cc1. The van der Waals surface area contributed by atoms with E-state index in [2.05, 4.69) is 29.3 Å². The summed E-state index contributed by atoms with van der Waals surface area (Å²) in [6.07, 6.45) is 0. The summed E-state index contributed by atoms with van der Waals surface area (Å²) >= 11 is 1.42. The Labute approximate surface area is 158 Å². The minimum atomic E-state index is -0.248. The Morgan fingerprint density at radius 3 is 2.31 bits per heavy atom. The predicted octanol–water partition coefficient (Wildman–Crippen LogP) is 3.81. The van der Waals surface area contributed by atoms with Gasteiger partial charge in [-0.15, -0.1) is 10.2 Å². The highest BCUT2D eigenvalue weighted by Gasteiger charge is 2.22. The van der Waals surface area contributed by atoms with E-state index in [-0.39, 0.29) is 11.2 Å². The molecule has 2 aromatic carbocycles. The van der Waals surface area contributed by atoms with Gasteiger partial charge in [-0.2, -0.15) is 0 Å². The second kappa shape index (κ2) is 7.74. The van der Waals surface area contributed by atoms with Crippen LogP contribution in [0.15, 0.2) is 59.8 Å². The van der Waals surface area contributed by atoms with E-state index in [1.165, 1.54) is 17.3 Å². The minimum Gasteiger partial charge on any atom is -0.348 e. The molecule has 3 rings (SSSR count). The molecule has 1 heterocycles. The molecule has 0 N–H and O–H groups in total. The van der Waals surface area contributed by atoms with Crippen LogP contribution in [0, 0.1) is 6.92 Å². The van der Waals surface area contributed by atoms with Gasteiger partial charge in [-0.25, -0.2) is 0 Å². The van der Waals surface area contributed by atoms with Crippen molar-refractivity contribution in [3.8, 4) is 17.1 Å². The third-order valence-electron chi connectivity index (χ3n) is 4.03. The van der Waals surface area contributed by atoms with Gasteiger partial charge >= 0.3 is 0 Å². The number of hydrogen-bond acceptors (Lipinski definition) is 4. The Morgan fingerprint density at radius 1 is 1.04 bits per heavy atom. The predicted molar refractivity (Wildman–Crippen MR) is 106 cm³/mol. The van der Waals surface area contributed by atoms with Crippen molar-refractivity contribution in [3.63, 3.8) is 0 Å².